The summed E-state index contributed by atoms with van der Waals surface area (Å²) >= 11 is 0. The van der Waals surface area contributed by atoms with Crippen molar-refractivity contribution in [3.8, 4) is 11.3 Å². The molecule has 214 valence electrons. The van der Waals surface area contributed by atoms with Crippen molar-refractivity contribution in [2.24, 2.45) is 0 Å². The van der Waals surface area contributed by atoms with Crippen LogP contribution in [0.15, 0.2) is 30.5 Å². The van der Waals surface area contributed by atoms with Crippen molar-refractivity contribution >= 4 is 28.9 Å². The number of aryl methyl sites for hydroxylation is 1. The molecular formula is C30H33F2N7O2. The Balaban J connectivity index is 1.24. The van der Waals surface area contributed by atoms with Crippen molar-refractivity contribution in [2.75, 3.05) is 11.9 Å². The van der Waals surface area contributed by atoms with E-state index in [1.54, 1.807) is 17.0 Å². The van der Waals surface area contributed by atoms with Crippen LogP contribution < -0.4 is 5.32 Å². The standard InChI is InChI=1S/C30H33F2N7O2/c1-17-34-24-14-19(13-21(31)27(24)39(17)20-7-5-6-8-20)26-22(32)15-33-28(37-26)36-25-10-9-18-16-38(12-11-23(18)35-25)29(40)41-30(2,3)4/h9-10,13-15,20H,5-8,11-12,16H2,1-4H3,(H,33,35,36,37). The lowest BCUT2D eigenvalue weighted by atomic mass is 10.1. The molecular weight excluding hydrogens is 528 g/mol. The minimum Gasteiger partial charge on any atom is -0.444 e. The summed E-state index contributed by atoms with van der Waals surface area (Å²) in [5, 5.41) is 3.04. The van der Waals surface area contributed by atoms with Crippen LogP contribution in [0.3, 0.4) is 0 Å². The van der Waals surface area contributed by atoms with Crippen LogP contribution in [0.5, 0.6) is 0 Å². The molecule has 1 fully saturated rings. The fourth-order valence-corrected chi connectivity index (χ4v) is 5.76. The molecule has 0 spiro atoms. The van der Waals surface area contributed by atoms with Crippen LogP contribution in [-0.2, 0) is 17.7 Å². The van der Waals surface area contributed by atoms with Gasteiger partial charge >= 0.3 is 6.09 Å². The molecule has 9 nitrogen and oxygen atoms in total. The van der Waals surface area contributed by atoms with Gasteiger partial charge in [0.15, 0.2) is 5.82 Å². The number of pyridine rings is 1. The van der Waals surface area contributed by atoms with Gasteiger partial charge in [-0.25, -0.2) is 33.5 Å². The molecule has 1 aliphatic carbocycles. The van der Waals surface area contributed by atoms with Crippen LogP contribution in [-0.4, -0.2) is 47.6 Å². The average molecular weight is 562 g/mol. The number of fused-ring (bicyclic) bond motifs is 2. The van der Waals surface area contributed by atoms with E-state index in [1.165, 1.54) is 6.07 Å². The number of carbonyl (C=O) groups excluding carboxylic acids is 1. The molecule has 1 aliphatic heterocycles. The first-order valence-electron chi connectivity index (χ1n) is 14.0. The van der Waals surface area contributed by atoms with E-state index in [0.29, 0.717) is 36.4 Å². The Bertz CT molecular complexity index is 1640. The number of carbonyl (C=O) groups is 1. The van der Waals surface area contributed by atoms with Crippen LogP contribution in [0.25, 0.3) is 22.3 Å². The van der Waals surface area contributed by atoms with Crippen LogP contribution >= 0.6 is 0 Å². The Morgan fingerprint density at radius 2 is 1.85 bits per heavy atom. The first-order valence-corrected chi connectivity index (χ1v) is 14.0. The topological polar surface area (TPSA) is 98.1 Å². The molecule has 0 bridgehead atoms. The van der Waals surface area contributed by atoms with Gasteiger partial charge in [0.1, 0.15) is 34.3 Å². The lowest BCUT2D eigenvalue weighted by Gasteiger charge is -2.30. The molecule has 0 unspecified atom stereocenters. The molecule has 1 amide bonds. The molecule has 4 heterocycles. The van der Waals surface area contributed by atoms with Gasteiger partial charge in [-0.15, -0.1) is 0 Å². The van der Waals surface area contributed by atoms with Gasteiger partial charge in [-0.1, -0.05) is 18.9 Å². The first kappa shape index (κ1) is 27.0. The quantitative estimate of drug-likeness (QED) is 0.299. The predicted molar refractivity (Wildman–Crippen MR) is 151 cm³/mol. The number of halogens is 2. The number of aromatic nitrogens is 5. The highest BCUT2D eigenvalue weighted by Gasteiger charge is 2.27. The number of anilines is 2. The Kier molecular flexibility index (Phi) is 6.83. The van der Waals surface area contributed by atoms with Crippen molar-refractivity contribution in [3.05, 3.63) is 59.2 Å². The van der Waals surface area contributed by atoms with Crippen molar-refractivity contribution in [1.29, 1.82) is 0 Å². The van der Waals surface area contributed by atoms with Gasteiger partial charge in [0, 0.05) is 30.3 Å². The number of nitrogens with zero attached hydrogens (tertiary/aromatic N) is 6. The predicted octanol–water partition coefficient (Wildman–Crippen LogP) is 6.63. The number of ether oxygens (including phenoxy) is 1. The number of hydrogen-bond acceptors (Lipinski definition) is 7. The van der Waals surface area contributed by atoms with Gasteiger partial charge < -0.3 is 19.5 Å². The number of nitrogens with one attached hydrogen (secondary N) is 1. The van der Waals surface area contributed by atoms with Crippen molar-refractivity contribution in [3.63, 3.8) is 0 Å². The highest BCUT2D eigenvalue weighted by molar-refractivity contribution is 5.83. The third-order valence-corrected chi connectivity index (χ3v) is 7.56. The van der Waals surface area contributed by atoms with Gasteiger partial charge in [0.05, 0.1) is 18.3 Å². The Hall–Kier alpha value is -4.15. The summed E-state index contributed by atoms with van der Waals surface area (Å²) in [6.45, 7) is 8.28. The molecule has 11 heteroatoms. The molecule has 0 saturated heterocycles. The highest BCUT2D eigenvalue weighted by Crippen LogP contribution is 2.36. The summed E-state index contributed by atoms with van der Waals surface area (Å²) in [7, 11) is 0. The first-order chi connectivity index (χ1) is 19.6. The number of benzene rings is 1. The molecule has 2 aliphatic rings. The largest absolute Gasteiger partial charge is 0.444 e. The third kappa shape index (κ3) is 5.45. The monoisotopic (exact) mass is 561 g/mol. The molecule has 1 aromatic carbocycles. The smallest absolute Gasteiger partial charge is 0.410 e. The summed E-state index contributed by atoms with van der Waals surface area (Å²) in [6, 6.07) is 6.87. The van der Waals surface area contributed by atoms with Gasteiger partial charge in [-0.05, 0) is 64.3 Å². The van der Waals surface area contributed by atoms with Crippen molar-refractivity contribution < 1.29 is 18.3 Å². The fraction of sp³-hybridized carbons (Fsp3) is 0.433. The summed E-state index contributed by atoms with van der Waals surface area (Å²) in [5.74, 6) is 0.255. The minimum absolute atomic E-state index is 0.0256. The van der Waals surface area contributed by atoms with E-state index < -0.39 is 17.2 Å². The second-order valence-corrected chi connectivity index (χ2v) is 11.8. The zero-order chi connectivity index (χ0) is 28.9. The molecule has 0 radical (unpaired) electrons. The summed E-state index contributed by atoms with van der Waals surface area (Å²) < 4.78 is 37.9. The van der Waals surface area contributed by atoms with E-state index in [0.717, 1.165) is 49.0 Å². The SMILES string of the molecule is Cc1nc2cc(-c3nc(Nc4ccc5c(n4)CCN(C(=O)OC(C)(C)C)C5)ncc3F)cc(F)c2n1C1CCCC1. The lowest BCUT2D eigenvalue weighted by molar-refractivity contribution is 0.0223. The summed E-state index contributed by atoms with van der Waals surface area (Å²) in [6.07, 6.45) is 5.51. The van der Waals surface area contributed by atoms with Crippen LogP contribution in [0, 0.1) is 18.6 Å². The second-order valence-electron chi connectivity index (χ2n) is 11.8. The molecule has 3 aromatic heterocycles. The molecule has 1 saturated carbocycles. The Morgan fingerprint density at radius 1 is 1.07 bits per heavy atom. The number of amides is 1. The highest BCUT2D eigenvalue weighted by atomic mass is 19.1. The fourth-order valence-electron chi connectivity index (χ4n) is 5.76. The van der Waals surface area contributed by atoms with E-state index in [2.05, 4.69) is 25.3 Å². The van der Waals surface area contributed by atoms with Crippen LogP contribution in [0.1, 0.15) is 69.6 Å². The van der Waals surface area contributed by atoms with E-state index in [1.807, 2.05) is 38.3 Å². The van der Waals surface area contributed by atoms with E-state index >= 15 is 4.39 Å². The zero-order valence-corrected chi connectivity index (χ0v) is 23.7. The summed E-state index contributed by atoms with van der Waals surface area (Å²) in [5.41, 5.74) is 2.40. The van der Waals surface area contributed by atoms with E-state index in [-0.39, 0.29) is 29.3 Å². The normalized spacial score (nSPS) is 15.8. The lowest BCUT2D eigenvalue weighted by Crippen LogP contribution is -2.40. The molecule has 41 heavy (non-hydrogen) atoms. The van der Waals surface area contributed by atoms with E-state index in [4.69, 9.17) is 4.74 Å². The number of imidazole rings is 1. The van der Waals surface area contributed by atoms with Crippen LogP contribution in [0.2, 0.25) is 0 Å². The maximum absolute atomic E-state index is 15.5. The van der Waals surface area contributed by atoms with Crippen molar-refractivity contribution in [2.45, 2.75) is 78.0 Å². The second kappa shape index (κ2) is 10.4. The molecule has 4 aromatic rings. The maximum Gasteiger partial charge on any atom is 0.410 e. The van der Waals surface area contributed by atoms with Gasteiger partial charge in [-0.3, -0.25) is 0 Å². The summed E-state index contributed by atoms with van der Waals surface area (Å²) in [4.78, 5) is 31.8. The molecule has 6 rings (SSSR count). The van der Waals surface area contributed by atoms with E-state index in [9.17, 15) is 9.18 Å². The van der Waals surface area contributed by atoms with Gasteiger partial charge in [-0.2, -0.15) is 0 Å². The number of rotatable bonds is 4. The van der Waals surface area contributed by atoms with Gasteiger partial charge in [0.2, 0.25) is 5.95 Å². The van der Waals surface area contributed by atoms with Crippen LogP contribution in [0.4, 0.5) is 25.3 Å². The molecule has 1 N–H and O–H groups in total. The van der Waals surface area contributed by atoms with Crippen molar-refractivity contribution in [1.82, 2.24) is 29.4 Å². The minimum atomic E-state index is -0.665. The third-order valence-electron chi connectivity index (χ3n) is 7.56. The maximum atomic E-state index is 15.5. The Morgan fingerprint density at radius 3 is 2.61 bits per heavy atom. The van der Waals surface area contributed by atoms with Gasteiger partial charge in [0.25, 0.3) is 0 Å². The average Bonchev–Trinajstić information content (AvgIpc) is 3.55. The zero-order valence-electron chi connectivity index (χ0n) is 23.7. The number of hydrogen-bond donors (Lipinski definition) is 1. The Labute approximate surface area is 237 Å². The molecule has 0 atom stereocenters.